The first-order valence-corrected chi connectivity index (χ1v) is 8.37. The van der Waals surface area contributed by atoms with Crippen molar-refractivity contribution in [2.24, 2.45) is 0 Å². The molecule has 2 aliphatic rings. The second-order valence-corrected chi connectivity index (χ2v) is 6.60. The number of hydrogen-bond acceptors (Lipinski definition) is 4. The van der Waals surface area contributed by atoms with E-state index in [2.05, 4.69) is 17.1 Å². The standard InChI is InChI=1S/C17H25N3O3/c1-4-15-5-6-16(23-15)10-19-9-14-7-13(18-12(3)21)8-20(14)17(22)11(19)2/h5-6,11,13-14H,4,7-10H2,1-3H3,(H,18,21)/t11-,13-,14-/m0/s1. The van der Waals surface area contributed by atoms with Gasteiger partial charge in [0.25, 0.3) is 0 Å². The minimum atomic E-state index is -0.155. The van der Waals surface area contributed by atoms with Crippen LogP contribution in [-0.2, 0) is 22.6 Å². The number of piperazine rings is 1. The number of amides is 2. The van der Waals surface area contributed by atoms with Crippen LogP contribution in [0, 0.1) is 0 Å². The highest BCUT2D eigenvalue weighted by atomic mass is 16.3. The minimum absolute atomic E-state index is 0.0325. The third-order valence-electron chi connectivity index (χ3n) is 4.88. The van der Waals surface area contributed by atoms with Gasteiger partial charge in [0, 0.05) is 38.5 Å². The van der Waals surface area contributed by atoms with Gasteiger partial charge in [-0.2, -0.15) is 0 Å². The number of hydrogen-bond donors (Lipinski definition) is 1. The molecule has 0 unspecified atom stereocenters. The summed E-state index contributed by atoms with van der Waals surface area (Å²) in [6, 6.07) is 4.09. The summed E-state index contributed by atoms with van der Waals surface area (Å²) in [6.07, 6.45) is 1.70. The summed E-state index contributed by atoms with van der Waals surface area (Å²) < 4.78 is 5.78. The lowest BCUT2D eigenvalue weighted by molar-refractivity contribution is -0.143. The zero-order chi connectivity index (χ0) is 16.6. The molecule has 6 nitrogen and oxygen atoms in total. The van der Waals surface area contributed by atoms with E-state index in [1.54, 1.807) is 0 Å². The smallest absolute Gasteiger partial charge is 0.240 e. The molecule has 6 heteroatoms. The monoisotopic (exact) mass is 319 g/mol. The van der Waals surface area contributed by atoms with Crippen molar-refractivity contribution in [1.82, 2.24) is 15.1 Å². The molecule has 3 atom stereocenters. The van der Waals surface area contributed by atoms with Crippen molar-refractivity contribution < 1.29 is 14.0 Å². The molecular formula is C17H25N3O3. The van der Waals surface area contributed by atoms with Crippen molar-refractivity contribution in [2.45, 2.75) is 58.3 Å². The summed E-state index contributed by atoms with van der Waals surface area (Å²) in [7, 11) is 0. The topological polar surface area (TPSA) is 65.8 Å². The summed E-state index contributed by atoms with van der Waals surface area (Å²) in [4.78, 5) is 28.0. The third-order valence-corrected chi connectivity index (χ3v) is 4.88. The highest BCUT2D eigenvalue weighted by Gasteiger charge is 2.43. The van der Waals surface area contributed by atoms with Gasteiger partial charge in [-0.25, -0.2) is 0 Å². The summed E-state index contributed by atoms with van der Waals surface area (Å²) in [6.45, 7) is 7.65. The number of furan rings is 1. The van der Waals surface area contributed by atoms with E-state index in [4.69, 9.17) is 4.42 Å². The van der Waals surface area contributed by atoms with Gasteiger partial charge in [-0.05, 0) is 25.5 Å². The van der Waals surface area contributed by atoms with Crippen molar-refractivity contribution in [2.75, 3.05) is 13.1 Å². The molecule has 2 saturated heterocycles. The Labute approximate surface area is 136 Å². The summed E-state index contributed by atoms with van der Waals surface area (Å²) in [5.74, 6) is 2.00. The second-order valence-electron chi connectivity index (χ2n) is 6.60. The van der Waals surface area contributed by atoms with Crippen LogP contribution >= 0.6 is 0 Å². The zero-order valence-corrected chi connectivity index (χ0v) is 14.0. The largest absolute Gasteiger partial charge is 0.465 e. The highest BCUT2D eigenvalue weighted by molar-refractivity contribution is 5.83. The fourth-order valence-electron chi connectivity index (χ4n) is 3.68. The molecule has 0 spiro atoms. The molecule has 0 bridgehead atoms. The maximum Gasteiger partial charge on any atom is 0.240 e. The van der Waals surface area contributed by atoms with E-state index in [1.165, 1.54) is 6.92 Å². The third kappa shape index (κ3) is 3.27. The van der Waals surface area contributed by atoms with Crippen LogP contribution in [0.2, 0.25) is 0 Å². The van der Waals surface area contributed by atoms with E-state index in [9.17, 15) is 9.59 Å². The van der Waals surface area contributed by atoms with E-state index >= 15 is 0 Å². The number of nitrogens with one attached hydrogen (secondary N) is 1. The van der Waals surface area contributed by atoms with Gasteiger partial charge in [-0.1, -0.05) is 6.92 Å². The van der Waals surface area contributed by atoms with Gasteiger partial charge in [0.2, 0.25) is 11.8 Å². The van der Waals surface area contributed by atoms with Crippen LogP contribution < -0.4 is 5.32 Å². The Morgan fingerprint density at radius 1 is 1.35 bits per heavy atom. The summed E-state index contributed by atoms with van der Waals surface area (Å²) in [5.41, 5.74) is 0. The molecule has 2 amide bonds. The molecule has 0 aromatic carbocycles. The quantitative estimate of drug-likeness (QED) is 0.904. The lowest BCUT2D eigenvalue weighted by Gasteiger charge is -2.41. The van der Waals surface area contributed by atoms with Crippen molar-refractivity contribution in [1.29, 1.82) is 0 Å². The Morgan fingerprint density at radius 2 is 2.09 bits per heavy atom. The molecular weight excluding hydrogens is 294 g/mol. The zero-order valence-electron chi connectivity index (χ0n) is 14.0. The van der Waals surface area contributed by atoms with Gasteiger partial charge in [0.1, 0.15) is 11.5 Å². The number of fused-ring (bicyclic) bond motifs is 1. The van der Waals surface area contributed by atoms with Crippen LogP contribution in [0.25, 0.3) is 0 Å². The summed E-state index contributed by atoms with van der Waals surface area (Å²) >= 11 is 0. The maximum absolute atomic E-state index is 12.6. The average Bonchev–Trinajstić information content (AvgIpc) is 3.10. The molecule has 1 aromatic heterocycles. The lowest BCUT2D eigenvalue weighted by atomic mass is 10.1. The first kappa shape index (κ1) is 16.1. The van der Waals surface area contributed by atoms with Crippen molar-refractivity contribution >= 4 is 11.8 Å². The van der Waals surface area contributed by atoms with E-state index < -0.39 is 0 Å². The highest BCUT2D eigenvalue weighted by Crippen LogP contribution is 2.27. The normalized spacial score (nSPS) is 28.0. The van der Waals surface area contributed by atoms with Gasteiger partial charge in [0.15, 0.2) is 0 Å². The SMILES string of the molecule is CCc1ccc(CN2C[C@@H]3C[C@H](NC(C)=O)CN3C(=O)[C@@H]2C)o1. The fraction of sp³-hybridized carbons (Fsp3) is 0.647. The molecule has 2 fully saturated rings. The first-order chi connectivity index (χ1) is 11.0. The molecule has 0 aliphatic carbocycles. The molecule has 0 saturated carbocycles. The molecule has 2 aliphatic heterocycles. The Morgan fingerprint density at radius 3 is 2.74 bits per heavy atom. The molecule has 126 valence electrons. The minimum Gasteiger partial charge on any atom is -0.465 e. The van der Waals surface area contributed by atoms with Crippen LogP contribution in [0.4, 0.5) is 0 Å². The van der Waals surface area contributed by atoms with Gasteiger partial charge >= 0.3 is 0 Å². The Bertz CT molecular complexity index is 598. The Balaban J connectivity index is 1.67. The van der Waals surface area contributed by atoms with Crippen LogP contribution in [0.15, 0.2) is 16.5 Å². The Hall–Kier alpha value is -1.82. The van der Waals surface area contributed by atoms with Crippen LogP contribution in [-0.4, -0.2) is 52.8 Å². The second kappa shape index (κ2) is 6.35. The molecule has 0 radical (unpaired) electrons. The number of nitrogens with zero attached hydrogens (tertiary/aromatic N) is 2. The lowest BCUT2D eigenvalue weighted by Crippen LogP contribution is -2.58. The van der Waals surface area contributed by atoms with E-state index in [0.717, 1.165) is 30.9 Å². The Kier molecular flexibility index (Phi) is 4.43. The predicted octanol–water partition coefficient (Wildman–Crippen LogP) is 1.15. The fourth-order valence-corrected chi connectivity index (χ4v) is 3.68. The molecule has 3 heterocycles. The molecule has 3 rings (SSSR count). The number of carbonyl (C=O) groups excluding carboxylic acids is 2. The number of carbonyl (C=O) groups is 2. The van der Waals surface area contributed by atoms with E-state index in [-0.39, 0.29) is 29.9 Å². The van der Waals surface area contributed by atoms with Gasteiger partial charge in [-0.3, -0.25) is 14.5 Å². The number of rotatable bonds is 4. The van der Waals surface area contributed by atoms with E-state index in [0.29, 0.717) is 13.1 Å². The van der Waals surface area contributed by atoms with Crippen molar-refractivity contribution in [3.63, 3.8) is 0 Å². The van der Waals surface area contributed by atoms with Crippen molar-refractivity contribution in [3.8, 4) is 0 Å². The number of aryl methyl sites for hydroxylation is 1. The van der Waals surface area contributed by atoms with E-state index in [1.807, 2.05) is 24.0 Å². The van der Waals surface area contributed by atoms with Gasteiger partial charge < -0.3 is 14.6 Å². The van der Waals surface area contributed by atoms with Gasteiger partial charge in [-0.15, -0.1) is 0 Å². The van der Waals surface area contributed by atoms with Crippen molar-refractivity contribution in [3.05, 3.63) is 23.7 Å². The van der Waals surface area contributed by atoms with Gasteiger partial charge in [0.05, 0.1) is 12.6 Å². The van der Waals surface area contributed by atoms with Crippen LogP contribution in [0.3, 0.4) is 0 Å². The molecule has 1 aromatic rings. The summed E-state index contributed by atoms with van der Waals surface area (Å²) in [5, 5.41) is 2.94. The molecule has 1 N–H and O–H groups in total. The van der Waals surface area contributed by atoms with Crippen LogP contribution in [0.1, 0.15) is 38.7 Å². The maximum atomic E-state index is 12.6. The average molecular weight is 319 g/mol. The van der Waals surface area contributed by atoms with Crippen LogP contribution in [0.5, 0.6) is 0 Å². The molecule has 23 heavy (non-hydrogen) atoms. The predicted molar refractivity (Wildman–Crippen MR) is 85.7 cm³/mol. The first-order valence-electron chi connectivity index (χ1n) is 8.37.